The number of carbonyl (C=O) groups excluding carboxylic acids is 2. The van der Waals surface area contributed by atoms with Crippen molar-refractivity contribution in [2.24, 2.45) is 10.2 Å². The number of amides is 2. The molecule has 0 radical (unpaired) electrons. The summed E-state index contributed by atoms with van der Waals surface area (Å²) in [6, 6.07) is 11.8. The fourth-order valence-corrected chi connectivity index (χ4v) is 3.64. The molecule has 162 valence electrons. The largest absolute Gasteiger partial charge is 0.496 e. The first kappa shape index (κ1) is 22.3. The number of ether oxygens (including phenoxy) is 1. The average Bonchev–Trinajstić information content (AvgIpc) is 3.07. The smallest absolute Gasteiger partial charge is 0.418 e. The van der Waals surface area contributed by atoms with E-state index in [0.29, 0.717) is 11.3 Å². The Bertz CT molecular complexity index is 1040. The second kappa shape index (κ2) is 9.65. The van der Waals surface area contributed by atoms with Gasteiger partial charge in [0.1, 0.15) is 11.0 Å². The molecule has 31 heavy (non-hydrogen) atoms. The zero-order chi connectivity index (χ0) is 22.4. The molecule has 1 fully saturated rings. The van der Waals surface area contributed by atoms with Crippen LogP contribution in [-0.2, 0) is 15.8 Å². The Hall–Kier alpha value is -3.34. The van der Waals surface area contributed by atoms with Gasteiger partial charge in [-0.1, -0.05) is 36.0 Å². The van der Waals surface area contributed by atoms with Crippen molar-refractivity contribution in [3.05, 3.63) is 59.7 Å². The van der Waals surface area contributed by atoms with E-state index in [1.165, 1.54) is 25.5 Å². The number of rotatable bonds is 6. The highest BCUT2D eigenvalue weighted by atomic mass is 32.2. The van der Waals surface area contributed by atoms with Gasteiger partial charge in [0.05, 0.1) is 24.6 Å². The minimum atomic E-state index is -4.61. The number of halogens is 3. The van der Waals surface area contributed by atoms with E-state index in [2.05, 4.69) is 20.8 Å². The first-order chi connectivity index (χ1) is 14.8. The van der Waals surface area contributed by atoms with Crippen molar-refractivity contribution in [2.75, 3.05) is 12.4 Å². The molecular formula is C20H17F3N4O3S. The molecule has 2 N–H and O–H groups in total. The maximum Gasteiger partial charge on any atom is 0.418 e. The molecule has 1 saturated heterocycles. The lowest BCUT2D eigenvalue weighted by Crippen LogP contribution is -2.28. The van der Waals surface area contributed by atoms with Gasteiger partial charge in [-0.15, -0.1) is 5.10 Å². The number of amidine groups is 1. The summed E-state index contributed by atoms with van der Waals surface area (Å²) in [6.07, 6.45) is -3.48. The standard InChI is InChI=1S/C20H17F3N4O3S/c1-30-15-9-5-2-6-12(15)11-24-27-19-26-18(29)16(31-19)10-17(28)25-14-8-4-3-7-13(14)20(21,22)23/h2-9,11,16H,10H2,1H3,(H,25,28)(H,26,27,29)/t16-/m1/s1. The van der Waals surface area contributed by atoms with Crippen LogP contribution in [0, 0.1) is 0 Å². The van der Waals surface area contributed by atoms with Gasteiger partial charge >= 0.3 is 6.18 Å². The molecule has 0 aromatic heterocycles. The number of anilines is 1. The molecule has 7 nitrogen and oxygen atoms in total. The van der Waals surface area contributed by atoms with E-state index >= 15 is 0 Å². The zero-order valence-corrected chi connectivity index (χ0v) is 17.0. The number of carbonyl (C=O) groups is 2. The van der Waals surface area contributed by atoms with Crippen molar-refractivity contribution in [3.63, 3.8) is 0 Å². The van der Waals surface area contributed by atoms with Crippen LogP contribution in [0.25, 0.3) is 0 Å². The fourth-order valence-electron chi connectivity index (χ4n) is 2.71. The molecule has 1 aliphatic rings. The van der Waals surface area contributed by atoms with Gasteiger partial charge in [-0.2, -0.15) is 18.3 Å². The van der Waals surface area contributed by atoms with Crippen molar-refractivity contribution in [1.29, 1.82) is 0 Å². The van der Waals surface area contributed by atoms with E-state index in [4.69, 9.17) is 4.74 Å². The molecule has 0 spiro atoms. The summed E-state index contributed by atoms with van der Waals surface area (Å²) in [5.74, 6) is -0.595. The maximum atomic E-state index is 13.0. The van der Waals surface area contributed by atoms with Gasteiger partial charge in [0.2, 0.25) is 11.8 Å². The maximum absolute atomic E-state index is 13.0. The van der Waals surface area contributed by atoms with E-state index in [9.17, 15) is 22.8 Å². The fraction of sp³-hybridized carbons (Fsp3) is 0.200. The molecule has 0 unspecified atom stereocenters. The predicted molar refractivity (Wildman–Crippen MR) is 112 cm³/mol. The summed E-state index contributed by atoms with van der Waals surface area (Å²) in [6.45, 7) is 0. The third-order valence-electron chi connectivity index (χ3n) is 4.14. The lowest BCUT2D eigenvalue weighted by atomic mass is 10.1. The van der Waals surface area contributed by atoms with E-state index in [1.54, 1.807) is 24.3 Å². The summed E-state index contributed by atoms with van der Waals surface area (Å²) in [5, 5.41) is 11.9. The Morgan fingerprint density at radius 2 is 1.94 bits per heavy atom. The summed E-state index contributed by atoms with van der Waals surface area (Å²) in [4.78, 5) is 24.3. The Morgan fingerprint density at radius 1 is 1.23 bits per heavy atom. The molecule has 2 aromatic rings. The summed E-state index contributed by atoms with van der Waals surface area (Å²) < 4.78 is 44.3. The van der Waals surface area contributed by atoms with Crippen LogP contribution in [-0.4, -0.2) is 35.6 Å². The number of alkyl halides is 3. The Balaban J connectivity index is 1.62. The van der Waals surface area contributed by atoms with Gasteiger partial charge in [0.15, 0.2) is 5.17 Å². The van der Waals surface area contributed by atoms with Crippen LogP contribution in [0.5, 0.6) is 5.75 Å². The minimum Gasteiger partial charge on any atom is -0.496 e. The summed E-state index contributed by atoms with van der Waals surface area (Å²) in [5.41, 5.74) is -0.638. The second-order valence-corrected chi connectivity index (χ2v) is 7.47. The molecule has 1 atom stereocenters. The molecular weight excluding hydrogens is 433 g/mol. The first-order valence-electron chi connectivity index (χ1n) is 8.95. The number of para-hydroxylation sites is 2. The van der Waals surface area contributed by atoms with Gasteiger partial charge in [0.25, 0.3) is 0 Å². The van der Waals surface area contributed by atoms with Crippen LogP contribution in [0.4, 0.5) is 18.9 Å². The molecule has 3 rings (SSSR count). The molecule has 0 saturated carbocycles. The molecule has 0 aliphatic carbocycles. The van der Waals surface area contributed by atoms with Crippen molar-refractivity contribution in [1.82, 2.24) is 5.32 Å². The van der Waals surface area contributed by atoms with Crippen molar-refractivity contribution in [3.8, 4) is 5.75 Å². The number of hydrogen-bond donors (Lipinski definition) is 2. The van der Waals surface area contributed by atoms with Crippen LogP contribution in [0.15, 0.2) is 58.7 Å². The zero-order valence-electron chi connectivity index (χ0n) is 16.1. The van der Waals surface area contributed by atoms with Crippen LogP contribution in [0.1, 0.15) is 17.5 Å². The van der Waals surface area contributed by atoms with Crippen molar-refractivity contribution >= 4 is 40.6 Å². The monoisotopic (exact) mass is 450 g/mol. The SMILES string of the molecule is COc1ccccc1C=NN=C1NC(=O)[C@@H](CC(=O)Nc2ccccc2C(F)(F)F)S1. The van der Waals surface area contributed by atoms with Gasteiger partial charge < -0.3 is 15.4 Å². The highest BCUT2D eigenvalue weighted by Crippen LogP contribution is 2.34. The normalized spacial score (nSPS) is 17.7. The Kier molecular flexibility index (Phi) is 6.95. The number of nitrogens with one attached hydrogen (secondary N) is 2. The molecule has 2 amide bonds. The highest BCUT2D eigenvalue weighted by molar-refractivity contribution is 8.15. The van der Waals surface area contributed by atoms with Crippen LogP contribution in [0.2, 0.25) is 0 Å². The van der Waals surface area contributed by atoms with Gasteiger partial charge in [0, 0.05) is 12.0 Å². The molecule has 0 bridgehead atoms. The Morgan fingerprint density at radius 3 is 2.68 bits per heavy atom. The second-order valence-electron chi connectivity index (χ2n) is 6.28. The van der Waals surface area contributed by atoms with Gasteiger partial charge in [-0.3, -0.25) is 9.59 Å². The summed E-state index contributed by atoms with van der Waals surface area (Å²) in [7, 11) is 1.52. The molecule has 11 heteroatoms. The number of nitrogens with zero attached hydrogens (tertiary/aromatic N) is 2. The van der Waals surface area contributed by atoms with E-state index < -0.39 is 28.8 Å². The Labute approximate surface area is 179 Å². The predicted octanol–water partition coefficient (Wildman–Crippen LogP) is 3.66. The number of thioether (sulfide) groups is 1. The lowest BCUT2D eigenvalue weighted by molar-refractivity contribution is -0.137. The molecule has 1 heterocycles. The van der Waals surface area contributed by atoms with Crippen LogP contribution < -0.4 is 15.4 Å². The third-order valence-corrected chi connectivity index (χ3v) is 5.21. The van der Waals surface area contributed by atoms with E-state index in [-0.39, 0.29) is 17.3 Å². The highest BCUT2D eigenvalue weighted by Gasteiger charge is 2.35. The van der Waals surface area contributed by atoms with Gasteiger partial charge in [-0.05, 0) is 24.3 Å². The van der Waals surface area contributed by atoms with Gasteiger partial charge in [-0.25, -0.2) is 0 Å². The van der Waals surface area contributed by atoms with E-state index in [1.807, 2.05) is 0 Å². The number of hydrogen-bond acceptors (Lipinski definition) is 6. The van der Waals surface area contributed by atoms with Crippen LogP contribution in [0.3, 0.4) is 0 Å². The molecule has 2 aromatic carbocycles. The van der Waals surface area contributed by atoms with E-state index in [0.717, 1.165) is 23.9 Å². The number of benzene rings is 2. The molecule has 1 aliphatic heterocycles. The third kappa shape index (κ3) is 5.85. The summed E-state index contributed by atoms with van der Waals surface area (Å²) >= 11 is 0.974. The van der Waals surface area contributed by atoms with Crippen molar-refractivity contribution in [2.45, 2.75) is 17.8 Å². The topological polar surface area (TPSA) is 92.2 Å². The minimum absolute atomic E-state index is 0.185. The van der Waals surface area contributed by atoms with Crippen molar-refractivity contribution < 1.29 is 27.5 Å². The quantitative estimate of drug-likeness (QED) is 0.519. The first-order valence-corrected chi connectivity index (χ1v) is 9.83. The lowest BCUT2D eigenvalue weighted by Gasteiger charge is -2.14. The van der Waals surface area contributed by atoms with Crippen LogP contribution >= 0.6 is 11.8 Å². The average molecular weight is 450 g/mol. The number of methoxy groups -OCH3 is 1.